The maximum absolute atomic E-state index is 11.3. The van der Waals surface area contributed by atoms with Gasteiger partial charge in [0.2, 0.25) is 0 Å². The van der Waals surface area contributed by atoms with E-state index in [9.17, 15) is 15.0 Å². The number of phenolic OH excluding ortho intramolecular Hbond substituents is 1. The molecule has 0 aliphatic heterocycles. The van der Waals surface area contributed by atoms with Crippen molar-refractivity contribution >= 4 is 5.97 Å². The molecule has 0 saturated heterocycles. The van der Waals surface area contributed by atoms with E-state index in [0.717, 1.165) is 12.1 Å². The SMILES string of the molecule is C[N+](C)(C)CCOc1cc(C(=O)O)c([O-])cc1O. The molecule has 0 unspecified atom stereocenters. The first-order valence-electron chi connectivity index (χ1n) is 5.41. The van der Waals surface area contributed by atoms with Gasteiger partial charge in [0.15, 0.2) is 11.5 Å². The highest BCUT2D eigenvalue weighted by Gasteiger charge is 2.12. The van der Waals surface area contributed by atoms with Crippen LogP contribution in [-0.4, -0.2) is 55.0 Å². The second kappa shape index (κ2) is 5.14. The van der Waals surface area contributed by atoms with Gasteiger partial charge in [-0.05, 0) is 12.1 Å². The number of hydrogen-bond donors (Lipinski definition) is 2. The third kappa shape index (κ3) is 3.81. The van der Waals surface area contributed by atoms with Gasteiger partial charge in [-0.15, -0.1) is 0 Å². The van der Waals surface area contributed by atoms with E-state index in [1.54, 1.807) is 0 Å². The standard InChI is InChI=1S/C12H17NO5/c1-13(2,3)4-5-18-11-6-8(12(16)17)9(14)7-10(11)15/h6-7H,4-5H2,1-3H3,(H2-,14,15,16,17). The summed E-state index contributed by atoms with van der Waals surface area (Å²) < 4.78 is 5.96. The molecule has 2 N–H and O–H groups in total. The predicted molar refractivity (Wildman–Crippen MR) is 62.9 cm³/mol. The smallest absolute Gasteiger partial charge is 0.335 e. The third-order valence-electron chi connectivity index (χ3n) is 2.31. The highest BCUT2D eigenvalue weighted by molar-refractivity contribution is 5.91. The van der Waals surface area contributed by atoms with Gasteiger partial charge in [-0.1, -0.05) is 5.75 Å². The van der Waals surface area contributed by atoms with Crippen molar-refractivity contribution < 1.29 is 29.3 Å². The van der Waals surface area contributed by atoms with Crippen molar-refractivity contribution in [3.8, 4) is 17.2 Å². The van der Waals surface area contributed by atoms with E-state index in [-0.39, 0.29) is 11.5 Å². The zero-order chi connectivity index (χ0) is 13.9. The number of carboxylic acid groups (broad SMARTS) is 1. The summed E-state index contributed by atoms with van der Waals surface area (Å²) in [5.74, 6) is -2.40. The Morgan fingerprint density at radius 3 is 2.50 bits per heavy atom. The Hall–Kier alpha value is -1.95. The van der Waals surface area contributed by atoms with Crippen LogP contribution in [0.25, 0.3) is 0 Å². The molecule has 0 aliphatic rings. The number of benzene rings is 1. The Kier molecular flexibility index (Phi) is 4.03. The fraction of sp³-hybridized carbons (Fsp3) is 0.417. The molecule has 0 heterocycles. The Labute approximate surface area is 105 Å². The molecular formula is C12H17NO5. The highest BCUT2D eigenvalue weighted by Crippen LogP contribution is 2.31. The molecule has 0 radical (unpaired) electrons. The van der Waals surface area contributed by atoms with E-state index in [1.165, 1.54) is 0 Å². The van der Waals surface area contributed by atoms with Gasteiger partial charge < -0.3 is 24.5 Å². The summed E-state index contributed by atoms with van der Waals surface area (Å²) in [6.07, 6.45) is 0. The number of hydrogen-bond acceptors (Lipinski definition) is 4. The van der Waals surface area contributed by atoms with Crippen LogP contribution in [0.3, 0.4) is 0 Å². The zero-order valence-electron chi connectivity index (χ0n) is 10.6. The number of ether oxygens (including phenoxy) is 1. The molecule has 18 heavy (non-hydrogen) atoms. The molecule has 1 aromatic carbocycles. The number of rotatable bonds is 5. The van der Waals surface area contributed by atoms with Crippen molar-refractivity contribution in [2.75, 3.05) is 34.3 Å². The Morgan fingerprint density at radius 1 is 1.39 bits per heavy atom. The average Bonchev–Trinajstić information content (AvgIpc) is 2.18. The van der Waals surface area contributed by atoms with Crippen LogP contribution in [0.5, 0.6) is 17.2 Å². The number of aromatic hydroxyl groups is 1. The van der Waals surface area contributed by atoms with Crippen LogP contribution < -0.4 is 9.84 Å². The zero-order valence-corrected chi connectivity index (χ0v) is 10.6. The maximum Gasteiger partial charge on any atom is 0.335 e. The fourth-order valence-electron chi connectivity index (χ4n) is 1.26. The summed E-state index contributed by atoms with van der Waals surface area (Å²) >= 11 is 0. The first kappa shape index (κ1) is 14.1. The second-order valence-corrected chi connectivity index (χ2v) is 4.98. The summed E-state index contributed by atoms with van der Waals surface area (Å²) in [5, 5.41) is 29.6. The summed E-state index contributed by atoms with van der Waals surface area (Å²) in [7, 11) is 5.94. The van der Waals surface area contributed by atoms with Gasteiger partial charge in [-0.25, -0.2) is 4.79 Å². The third-order valence-corrected chi connectivity index (χ3v) is 2.31. The minimum atomic E-state index is -1.34. The Morgan fingerprint density at radius 2 is 2.00 bits per heavy atom. The lowest BCUT2D eigenvalue weighted by Crippen LogP contribution is -2.38. The van der Waals surface area contributed by atoms with Crippen molar-refractivity contribution in [2.45, 2.75) is 0 Å². The fourth-order valence-corrected chi connectivity index (χ4v) is 1.26. The summed E-state index contributed by atoms with van der Waals surface area (Å²) in [4.78, 5) is 10.8. The largest absolute Gasteiger partial charge is 0.872 e. The number of likely N-dealkylation sites (N-methyl/N-ethyl adjacent to an activating group) is 1. The molecular weight excluding hydrogens is 238 g/mol. The summed E-state index contributed by atoms with van der Waals surface area (Å²) in [5.41, 5.74) is -0.409. The topological polar surface area (TPSA) is 89.8 Å². The van der Waals surface area contributed by atoms with Gasteiger partial charge >= 0.3 is 5.97 Å². The molecule has 0 amide bonds. The van der Waals surface area contributed by atoms with Crippen molar-refractivity contribution in [3.63, 3.8) is 0 Å². The van der Waals surface area contributed by atoms with Crippen molar-refractivity contribution in [1.29, 1.82) is 0 Å². The molecule has 1 aromatic rings. The number of quaternary nitrogens is 1. The van der Waals surface area contributed by atoms with Crippen LogP contribution in [0.15, 0.2) is 12.1 Å². The molecule has 0 spiro atoms. The minimum absolute atomic E-state index is 0.0143. The number of carbonyl (C=O) groups is 1. The van der Waals surface area contributed by atoms with Gasteiger partial charge in [0.25, 0.3) is 0 Å². The number of carboxylic acids is 1. The van der Waals surface area contributed by atoms with Crippen molar-refractivity contribution in [3.05, 3.63) is 17.7 Å². The lowest BCUT2D eigenvalue weighted by Gasteiger charge is -2.24. The molecule has 0 fully saturated rings. The average molecular weight is 255 g/mol. The van der Waals surface area contributed by atoms with E-state index in [4.69, 9.17) is 9.84 Å². The molecule has 1 rings (SSSR count). The first-order chi connectivity index (χ1) is 8.20. The van der Waals surface area contributed by atoms with Crippen LogP contribution >= 0.6 is 0 Å². The minimum Gasteiger partial charge on any atom is -0.872 e. The van der Waals surface area contributed by atoms with Crippen LogP contribution in [0.2, 0.25) is 0 Å². The first-order valence-corrected chi connectivity index (χ1v) is 5.41. The molecule has 0 aromatic heterocycles. The lowest BCUT2D eigenvalue weighted by molar-refractivity contribution is -0.870. The van der Waals surface area contributed by atoms with Crippen LogP contribution in [0, 0.1) is 0 Å². The molecule has 0 atom stereocenters. The number of phenols is 1. The monoisotopic (exact) mass is 255 g/mol. The van der Waals surface area contributed by atoms with Gasteiger partial charge in [0.05, 0.1) is 26.7 Å². The maximum atomic E-state index is 11.3. The molecule has 0 saturated carbocycles. The van der Waals surface area contributed by atoms with Gasteiger partial charge in [-0.3, -0.25) is 0 Å². The lowest BCUT2D eigenvalue weighted by atomic mass is 10.2. The molecule has 0 aliphatic carbocycles. The molecule has 6 nitrogen and oxygen atoms in total. The van der Waals surface area contributed by atoms with Gasteiger partial charge in [0.1, 0.15) is 13.2 Å². The van der Waals surface area contributed by atoms with E-state index in [0.29, 0.717) is 17.6 Å². The quantitative estimate of drug-likeness (QED) is 0.736. The highest BCUT2D eigenvalue weighted by atomic mass is 16.5. The Balaban J connectivity index is 2.83. The summed E-state index contributed by atoms with van der Waals surface area (Å²) in [6.45, 7) is 0.995. The van der Waals surface area contributed by atoms with E-state index in [2.05, 4.69) is 0 Å². The van der Waals surface area contributed by atoms with Crippen molar-refractivity contribution in [2.24, 2.45) is 0 Å². The van der Waals surface area contributed by atoms with E-state index < -0.39 is 17.3 Å². The Bertz CT molecular complexity index is 451. The molecule has 0 bridgehead atoms. The summed E-state index contributed by atoms with van der Waals surface area (Å²) in [6, 6.07) is 1.90. The van der Waals surface area contributed by atoms with Gasteiger partial charge in [0, 0.05) is 0 Å². The number of nitrogens with zero attached hydrogens (tertiary/aromatic N) is 1. The van der Waals surface area contributed by atoms with Crippen LogP contribution in [0.4, 0.5) is 0 Å². The van der Waals surface area contributed by atoms with Crippen molar-refractivity contribution in [1.82, 2.24) is 0 Å². The van der Waals surface area contributed by atoms with E-state index in [1.807, 2.05) is 21.1 Å². The molecule has 100 valence electrons. The molecule has 6 heteroatoms. The number of aromatic carboxylic acids is 1. The van der Waals surface area contributed by atoms with Crippen LogP contribution in [0.1, 0.15) is 10.4 Å². The normalized spacial score (nSPS) is 11.3. The second-order valence-electron chi connectivity index (χ2n) is 4.98. The predicted octanol–water partition coefficient (Wildman–Crippen LogP) is 0.249. The van der Waals surface area contributed by atoms with Gasteiger partial charge in [-0.2, -0.15) is 0 Å². The van der Waals surface area contributed by atoms with E-state index >= 15 is 0 Å². The van der Waals surface area contributed by atoms with Crippen LogP contribution in [-0.2, 0) is 0 Å².